The molecule has 0 spiro atoms. The molecule has 1 saturated heterocycles. The maximum Gasteiger partial charge on any atom is 0.215 e. The van der Waals surface area contributed by atoms with E-state index in [1.54, 1.807) is 4.31 Å². The van der Waals surface area contributed by atoms with Gasteiger partial charge in [-0.2, -0.15) is 4.31 Å². The molecule has 1 aliphatic rings. The zero-order chi connectivity index (χ0) is 12.3. The van der Waals surface area contributed by atoms with Crippen molar-refractivity contribution < 1.29 is 8.42 Å². The van der Waals surface area contributed by atoms with E-state index in [4.69, 9.17) is 0 Å². The van der Waals surface area contributed by atoms with Crippen molar-refractivity contribution in [1.82, 2.24) is 9.62 Å². The van der Waals surface area contributed by atoms with Crippen LogP contribution in [0, 0.1) is 6.92 Å². The van der Waals surface area contributed by atoms with Crippen LogP contribution in [0.5, 0.6) is 0 Å². The first kappa shape index (κ1) is 12.5. The van der Waals surface area contributed by atoms with Gasteiger partial charge in [-0.05, 0) is 12.5 Å². The van der Waals surface area contributed by atoms with Crippen molar-refractivity contribution in [2.45, 2.75) is 13.5 Å². The summed E-state index contributed by atoms with van der Waals surface area (Å²) in [6.07, 6.45) is 0. The van der Waals surface area contributed by atoms with E-state index in [1.165, 1.54) is 5.56 Å². The fourth-order valence-electron chi connectivity index (χ4n) is 1.87. The fraction of sp³-hybridized carbons (Fsp3) is 0.500. The zero-order valence-corrected chi connectivity index (χ0v) is 10.8. The molecule has 1 aliphatic heterocycles. The Bertz CT molecular complexity index is 468. The number of hydrogen-bond acceptors (Lipinski definition) is 3. The maximum absolute atomic E-state index is 12.0. The minimum absolute atomic E-state index is 0.193. The standard InChI is InChI=1S/C12H18N2O2S/c1-11-2-4-12(5-3-11)10-14-8-6-13-7-9-17(14,15)16/h2-5,13H,6-10H2,1H3. The van der Waals surface area contributed by atoms with Crippen molar-refractivity contribution in [2.24, 2.45) is 0 Å². The number of hydrogen-bond donors (Lipinski definition) is 1. The van der Waals surface area contributed by atoms with Crippen LogP contribution in [0.4, 0.5) is 0 Å². The summed E-state index contributed by atoms with van der Waals surface area (Å²) in [4.78, 5) is 0. The Kier molecular flexibility index (Phi) is 3.81. The second-order valence-corrected chi connectivity index (χ2v) is 6.47. The largest absolute Gasteiger partial charge is 0.314 e. The molecule has 1 fully saturated rings. The van der Waals surface area contributed by atoms with Crippen LogP contribution >= 0.6 is 0 Å². The summed E-state index contributed by atoms with van der Waals surface area (Å²) >= 11 is 0. The molecule has 0 atom stereocenters. The zero-order valence-electron chi connectivity index (χ0n) is 10.0. The van der Waals surface area contributed by atoms with Crippen LogP contribution in [0.15, 0.2) is 24.3 Å². The van der Waals surface area contributed by atoms with Crippen LogP contribution in [0.2, 0.25) is 0 Å². The van der Waals surface area contributed by atoms with Crippen molar-refractivity contribution in [2.75, 3.05) is 25.4 Å². The summed E-state index contributed by atoms with van der Waals surface area (Å²) in [6, 6.07) is 8.00. The van der Waals surface area contributed by atoms with Crippen molar-refractivity contribution >= 4 is 10.0 Å². The quantitative estimate of drug-likeness (QED) is 0.846. The highest BCUT2D eigenvalue weighted by molar-refractivity contribution is 7.89. The van der Waals surface area contributed by atoms with Crippen molar-refractivity contribution in [3.63, 3.8) is 0 Å². The Hall–Kier alpha value is -0.910. The first-order valence-corrected chi connectivity index (χ1v) is 7.43. The third-order valence-electron chi connectivity index (χ3n) is 2.95. The van der Waals surface area contributed by atoms with Crippen LogP contribution in [0.3, 0.4) is 0 Å². The highest BCUT2D eigenvalue weighted by Gasteiger charge is 2.23. The Balaban J connectivity index is 2.13. The van der Waals surface area contributed by atoms with E-state index in [-0.39, 0.29) is 5.75 Å². The monoisotopic (exact) mass is 254 g/mol. The van der Waals surface area contributed by atoms with Crippen LogP contribution in [0.1, 0.15) is 11.1 Å². The summed E-state index contributed by atoms with van der Waals surface area (Å²) in [7, 11) is -3.10. The van der Waals surface area contributed by atoms with Gasteiger partial charge in [-0.15, -0.1) is 0 Å². The van der Waals surface area contributed by atoms with Crippen molar-refractivity contribution in [3.8, 4) is 0 Å². The summed E-state index contributed by atoms with van der Waals surface area (Å²) < 4.78 is 25.5. The predicted molar refractivity (Wildman–Crippen MR) is 68.2 cm³/mol. The average molecular weight is 254 g/mol. The molecule has 4 nitrogen and oxygen atoms in total. The van der Waals surface area contributed by atoms with Gasteiger partial charge in [0, 0.05) is 26.2 Å². The molecule has 0 amide bonds. The van der Waals surface area contributed by atoms with Gasteiger partial charge in [0.2, 0.25) is 10.0 Å². The molecule has 0 aromatic heterocycles. The van der Waals surface area contributed by atoms with Gasteiger partial charge in [0.05, 0.1) is 5.75 Å². The van der Waals surface area contributed by atoms with Gasteiger partial charge in [0.25, 0.3) is 0 Å². The Morgan fingerprint density at radius 1 is 1.24 bits per heavy atom. The molecule has 0 unspecified atom stereocenters. The molecule has 0 saturated carbocycles. The number of nitrogens with one attached hydrogen (secondary N) is 1. The minimum atomic E-state index is -3.10. The van der Waals surface area contributed by atoms with Crippen LogP contribution in [-0.2, 0) is 16.6 Å². The molecule has 94 valence electrons. The SMILES string of the molecule is Cc1ccc(CN2CCNCCS2(=O)=O)cc1. The Labute approximate surface area is 103 Å². The van der Waals surface area contributed by atoms with Gasteiger partial charge >= 0.3 is 0 Å². The third-order valence-corrected chi connectivity index (χ3v) is 4.77. The molecule has 1 heterocycles. The molecule has 1 aromatic carbocycles. The molecule has 0 aliphatic carbocycles. The number of benzene rings is 1. The number of sulfonamides is 1. The van der Waals surface area contributed by atoms with Crippen molar-refractivity contribution in [3.05, 3.63) is 35.4 Å². The van der Waals surface area contributed by atoms with E-state index in [9.17, 15) is 8.42 Å². The molecular formula is C12H18N2O2S. The molecule has 1 aromatic rings. The molecule has 17 heavy (non-hydrogen) atoms. The van der Waals surface area contributed by atoms with Crippen LogP contribution in [-0.4, -0.2) is 38.1 Å². The van der Waals surface area contributed by atoms with Crippen LogP contribution in [0.25, 0.3) is 0 Å². The van der Waals surface area contributed by atoms with E-state index in [0.29, 0.717) is 19.6 Å². The highest BCUT2D eigenvalue weighted by atomic mass is 32.2. The van der Waals surface area contributed by atoms with Crippen LogP contribution < -0.4 is 5.32 Å². The second kappa shape index (κ2) is 5.16. The first-order chi connectivity index (χ1) is 8.08. The molecule has 0 radical (unpaired) electrons. The van der Waals surface area contributed by atoms with E-state index >= 15 is 0 Å². The number of rotatable bonds is 2. The molecule has 0 bridgehead atoms. The van der Waals surface area contributed by atoms with Gasteiger partial charge in [0.15, 0.2) is 0 Å². The Morgan fingerprint density at radius 3 is 2.65 bits per heavy atom. The normalized spacial score (nSPS) is 21.0. The van der Waals surface area contributed by atoms with E-state index < -0.39 is 10.0 Å². The van der Waals surface area contributed by atoms with Gasteiger partial charge < -0.3 is 5.32 Å². The predicted octanol–water partition coefficient (Wildman–Crippen LogP) is 0.730. The Morgan fingerprint density at radius 2 is 1.94 bits per heavy atom. The summed E-state index contributed by atoms with van der Waals surface area (Å²) in [5.41, 5.74) is 2.23. The third kappa shape index (κ3) is 3.28. The fourth-order valence-corrected chi connectivity index (χ4v) is 3.25. The van der Waals surface area contributed by atoms with Gasteiger partial charge in [-0.1, -0.05) is 29.8 Å². The summed E-state index contributed by atoms with van der Waals surface area (Å²) in [5, 5.41) is 3.11. The highest BCUT2D eigenvalue weighted by Crippen LogP contribution is 2.11. The topological polar surface area (TPSA) is 49.4 Å². The average Bonchev–Trinajstić information content (AvgIpc) is 2.44. The number of nitrogens with zero attached hydrogens (tertiary/aromatic N) is 1. The van der Waals surface area contributed by atoms with E-state index in [1.807, 2.05) is 31.2 Å². The summed E-state index contributed by atoms with van der Waals surface area (Å²) in [5.74, 6) is 0.193. The molecule has 2 rings (SSSR count). The van der Waals surface area contributed by atoms with Gasteiger partial charge in [-0.25, -0.2) is 8.42 Å². The number of aryl methyl sites for hydroxylation is 1. The lowest BCUT2D eigenvalue weighted by Gasteiger charge is -2.19. The molecule has 1 N–H and O–H groups in total. The van der Waals surface area contributed by atoms with E-state index in [2.05, 4.69) is 5.32 Å². The van der Waals surface area contributed by atoms with Gasteiger partial charge in [0.1, 0.15) is 0 Å². The van der Waals surface area contributed by atoms with E-state index in [0.717, 1.165) is 12.1 Å². The summed E-state index contributed by atoms with van der Waals surface area (Å²) in [6.45, 7) is 4.33. The van der Waals surface area contributed by atoms with Gasteiger partial charge in [-0.3, -0.25) is 0 Å². The molecule has 5 heteroatoms. The smallest absolute Gasteiger partial charge is 0.215 e. The second-order valence-electron chi connectivity index (χ2n) is 4.39. The lowest BCUT2D eigenvalue weighted by molar-refractivity contribution is 0.415. The maximum atomic E-state index is 12.0. The lowest BCUT2D eigenvalue weighted by atomic mass is 10.1. The minimum Gasteiger partial charge on any atom is -0.314 e. The lowest BCUT2D eigenvalue weighted by Crippen LogP contribution is -2.33. The van der Waals surface area contributed by atoms with Crippen molar-refractivity contribution in [1.29, 1.82) is 0 Å². The first-order valence-electron chi connectivity index (χ1n) is 5.82. The molecular weight excluding hydrogens is 236 g/mol.